The maximum Gasteiger partial charge on any atom is 0.0687 e. The van der Waals surface area contributed by atoms with Gasteiger partial charge in [-0.25, -0.2) is 0 Å². The van der Waals surface area contributed by atoms with Gasteiger partial charge in [0.2, 0.25) is 0 Å². The minimum absolute atomic E-state index is 0.0596. The molecule has 0 saturated carbocycles. The first-order valence-electron chi connectivity index (χ1n) is 4.92. The van der Waals surface area contributed by atoms with Crippen LogP contribution in [0.15, 0.2) is 42.7 Å². The van der Waals surface area contributed by atoms with Crippen LogP contribution in [0.3, 0.4) is 0 Å². The van der Waals surface area contributed by atoms with E-state index in [1.165, 1.54) is 0 Å². The van der Waals surface area contributed by atoms with Gasteiger partial charge < -0.3 is 5.11 Å². The van der Waals surface area contributed by atoms with Crippen molar-refractivity contribution >= 4 is 0 Å². The average Bonchev–Trinajstić information content (AvgIpc) is 2.29. The van der Waals surface area contributed by atoms with E-state index in [2.05, 4.69) is 11.1 Å². The molecule has 0 fully saturated rings. The molecule has 0 bridgehead atoms. The Labute approximate surface area is 89.2 Å². The van der Waals surface area contributed by atoms with E-state index in [1.54, 1.807) is 0 Å². The van der Waals surface area contributed by atoms with Crippen molar-refractivity contribution in [3.63, 3.8) is 0 Å². The number of nitrogens with zero attached hydrogens (tertiary/aromatic N) is 1. The normalized spacial score (nSPS) is 10.3. The lowest BCUT2D eigenvalue weighted by Crippen LogP contribution is -1.90. The highest BCUT2D eigenvalue weighted by molar-refractivity contribution is 5.66. The number of aryl methyl sites for hydroxylation is 1. The summed E-state index contributed by atoms with van der Waals surface area (Å²) in [5.41, 5.74) is 4.17. The second-order valence-electron chi connectivity index (χ2n) is 3.57. The van der Waals surface area contributed by atoms with Crippen LogP contribution in [-0.2, 0) is 6.61 Å². The van der Waals surface area contributed by atoms with E-state index in [0.717, 1.165) is 22.3 Å². The molecule has 0 spiro atoms. The predicted octanol–water partition coefficient (Wildman–Crippen LogP) is 2.55. The topological polar surface area (TPSA) is 33.1 Å². The SMILES string of the molecule is Cc1cncc(-c2ccccc2CO)c1. The van der Waals surface area contributed by atoms with E-state index in [0.29, 0.717) is 0 Å². The second-order valence-corrected chi connectivity index (χ2v) is 3.57. The van der Waals surface area contributed by atoms with Gasteiger partial charge in [0.15, 0.2) is 0 Å². The van der Waals surface area contributed by atoms with E-state index >= 15 is 0 Å². The van der Waals surface area contributed by atoms with Gasteiger partial charge in [-0.3, -0.25) is 4.98 Å². The molecule has 2 nitrogen and oxygen atoms in total. The van der Waals surface area contributed by atoms with Crippen molar-refractivity contribution in [1.82, 2.24) is 4.98 Å². The van der Waals surface area contributed by atoms with Gasteiger partial charge in [-0.05, 0) is 29.7 Å². The minimum atomic E-state index is 0.0596. The Kier molecular flexibility index (Phi) is 2.79. The number of rotatable bonds is 2. The van der Waals surface area contributed by atoms with Crippen molar-refractivity contribution in [1.29, 1.82) is 0 Å². The van der Waals surface area contributed by atoms with Crippen LogP contribution in [0.5, 0.6) is 0 Å². The van der Waals surface area contributed by atoms with Crippen LogP contribution in [-0.4, -0.2) is 10.1 Å². The largest absolute Gasteiger partial charge is 0.392 e. The summed E-state index contributed by atoms with van der Waals surface area (Å²) in [5.74, 6) is 0. The van der Waals surface area contributed by atoms with Crippen molar-refractivity contribution in [3.05, 3.63) is 53.9 Å². The van der Waals surface area contributed by atoms with Gasteiger partial charge in [0.05, 0.1) is 6.61 Å². The van der Waals surface area contributed by atoms with Crippen LogP contribution < -0.4 is 0 Å². The van der Waals surface area contributed by atoms with Crippen LogP contribution in [0.2, 0.25) is 0 Å². The first-order valence-corrected chi connectivity index (χ1v) is 4.92. The highest BCUT2D eigenvalue weighted by atomic mass is 16.3. The number of benzene rings is 1. The molecule has 1 aromatic carbocycles. The first-order chi connectivity index (χ1) is 7.31. The van der Waals surface area contributed by atoms with E-state index in [1.807, 2.05) is 43.6 Å². The summed E-state index contributed by atoms with van der Waals surface area (Å²) in [6.45, 7) is 2.07. The van der Waals surface area contributed by atoms with E-state index in [9.17, 15) is 5.11 Å². The van der Waals surface area contributed by atoms with Crippen molar-refractivity contribution in [3.8, 4) is 11.1 Å². The van der Waals surface area contributed by atoms with Crippen LogP contribution in [0.25, 0.3) is 11.1 Å². The van der Waals surface area contributed by atoms with E-state index in [4.69, 9.17) is 0 Å². The van der Waals surface area contributed by atoms with Crippen molar-refractivity contribution in [2.45, 2.75) is 13.5 Å². The Balaban J connectivity index is 2.53. The maximum absolute atomic E-state index is 9.23. The average molecular weight is 199 g/mol. The molecule has 0 saturated heterocycles. The summed E-state index contributed by atoms with van der Waals surface area (Å²) >= 11 is 0. The molecule has 76 valence electrons. The molecule has 0 radical (unpaired) electrons. The molecule has 1 N–H and O–H groups in total. The summed E-state index contributed by atoms with van der Waals surface area (Å²) in [6, 6.07) is 9.90. The Morgan fingerprint density at radius 3 is 2.73 bits per heavy atom. The lowest BCUT2D eigenvalue weighted by molar-refractivity contribution is 0.282. The highest BCUT2D eigenvalue weighted by Gasteiger charge is 2.03. The maximum atomic E-state index is 9.23. The highest BCUT2D eigenvalue weighted by Crippen LogP contribution is 2.23. The number of hydrogen-bond donors (Lipinski definition) is 1. The molecule has 0 aliphatic heterocycles. The molecule has 0 amide bonds. The zero-order valence-electron chi connectivity index (χ0n) is 8.64. The lowest BCUT2D eigenvalue weighted by Gasteiger charge is -2.07. The predicted molar refractivity (Wildman–Crippen MR) is 60.3 cm³/mol. The Hall–Kier alpha value is -1.67. The molecule has 0 aliphatic rings. The molecule has 0 unspecified atom stereocenters. The number of hydrogen-bond acceptors (Lipinski definition) is 2. The summed E-state index contributed by atoms with van der Waals surface area (Å²) < 4.78 is 0. The molecule has 1 aromatic heterocycles. The number of aromatic nitrogens is 1. The quantitative estimate of drug-likeness (QED) is 0.806. The van der Waals surface area contributed by atoms with Crippen molar-refractivity contribution < 1.29 is 5.11 Å². The molecular formula is C13H13NO. The second kappa shape index (κ2) is 4.24. The molecule has 15 heavy (non-hydrogen) atoms. The van der Waals surface area contributed by atoms with Crippen molar-refractivity contribution in [2.75, 3.05) is 0 Å². The number of aliphatic hydroxyl groups excluding tert-OH is 1. The van der Waals surface area contributed by atoms with Crippen LogP contribution in [0.4, 0.5) is 0 Å². The summed E-state index contributed by atoms with van der Waals surface area (Å²) in [4.78, 5) is 4.15. The van der Waals surface area contributed by atoms with Crippen LogP contribution >= 0.6 is 0 Å². The van der Waals surface area contributed by atoms with E-state index < -0.39 is 0 Å². The third kappa shape index (κ3) is 2.05. The fourth-order valence-corrected chi connectivity index (χ4v) is 1.64. The standard InChI is InChI=1S/C13H13NO/c1-10-6-12(8-14-7-10)13-5-3-2-4-11(13)9-15/h2-8,15H,9H2,1H3. The third-order valence-corrected chi connectivity index (χ3v) is 2.37. The molecule has 0 atom stereocenters. The first kappa shape index (κ1) is 9.87. The summed E-state index contributed by atoms with van der Waals surface area (Å²) in [5, 5.41) is 9.23. The van der Waals surface area contributed by atoms with Gasteiger partial charge in [0, 0.05) is 18.0 Å². The molecule has 2 rings (SSSR count). The Bertz CT molecular complexity index is 466. The number of aliphatic hydroxyl groups is 1. The van der Waals surface area contributed by atoms with Crippen LogP contribution in [0.1, 0.15) is 11.1 Å². The summed E-state index contributed by atoms with van der Waals surface area (Å²) in [6.07, 6.45) is 3.65. The van der Waals surface area contributed by atoms with Gasteiger partial charge in [0.1, 0.15) is 0 Å². The fourth-order valence-electron chi connectivity index (χ4n) is 1.64. The lowest BCUT2D eigenvalue weighted by atomic mass is 10.0. The zero-order chi connectivity index (χ0) is 10.7. The Morgan fingerprint density at radius 2 is 2.00 bits per heavy atom. The smallest absolute Gasteiger partial charge is 0.0687 e. The van der Waals surface area contributed by atoms with Gasteiger partial charge in [0.25, 0.3) is 0 Å². The minimum Gasteiger partial charge on any atom is -0.392 e. The summed E-state index contributed by atoms with van der Waals surface area (Å²) in [7, 11) is 0. The zero-order valence-corrected chi connectivity index (χ0v) is 8.64. The Morgan fingerprint density at radius 1 is 1.20 bits per heavy atom. The molecular weight excluding hydrogens is 186 g/mol. The van der Waals surface area contributed by atoms with Gasteiger partial charge in [-0.1, -0.05) is 24.3 Å². The monoisotopic (exact) mass is 199 g/mol. The van der Waals surface area contributed by atoms with E-state index in [-0.39, 0.29) is 6.61 Å². The molecule has 2 heteroatoms. The molecule has 1 heterocycles. The number of pyridine rings is 1. The van der Waals surface area contributed by atoms with Crippen molar-refractivity contribution in [2.24, 2.45) is 0 Å². The van der Waals surface area contributed by atoms with Crippen LogP contribution in [0, 0.1) is 6.92 Å². The third-order valence-electron chi connectivity index (χ3n) is 2.37. The van der Waals surface area contributed by atoms with Gasteiger partial charge >= 0.3 is 0 Å². The fraction of sp³-hybridized carbons (Fsp3) is 0.154. The molecule has 0 aliphatic carbocycles. The van der Waals surface area contributed by atoms with Gasteiger partial charge in [-0.2, -0.15) is 0 Å². The van der Waals surface area contributed by atoms with Gasteiger partial charge in [-0.15, -0.1) is 0 Å². The molecule has 2 aromatic rings.